The topological polar surface area (TPSA) is 50.2 Å². The van der Waals surface area contributed by atoms with Gasteiger partial charge < -0.3 is 5.11 Å². The summed E-state index contributed by atoms with van der Waals surface area (Å²) in [5.74, 6) is -1.20. The van der Waals surface area contributed by atoms with E-state index in [1.807, 2.05) is 0 Å². The van der Waals surface area contributed by atoms with Gasteiger partial charge in [0.05, 0.1) is 35.8 Å². The summed E-state index contributed by atoms with van der Waals surface area (Å²) >= 11 is 36.9. The predicted molar refractivity (Wildman–Crippen MR) is 112 cm³/mol. The van der Waals surface area contributed by atoms with Crippen LogP contribution in [0.4, 0.5) is 0 Å². The first kappa shape index (κ1) is 20.5. The Morgan fingerprint density at radius 2 is 1.15 bits per heavy atom. The molecule has 0 atom stereocenters. The van der Waals surface area contributed by atoms with Crippen LogP contribution >= 0.6 is 69.6 Å². The van der Waals surface area contributed by atoms with Gasteiger partial charge in [-0.1, -0.05) is 69.6 Å². The second-order valence-corrected chi connectivity index (χ2v) is 7.83. The number of aromatic carboxylic acids is 1. The minimum absolute atomic E-state index is 0.174. The van der Waals surface area contributed by atoms with Crippen molar-refractivity contribution in [2.24, 2.45) is 0 Å². The number of halogens is 6. The Hall–Kier alpha value is -1.20. The highest BCUT2D eigenvalue weighted by molar-refractivity contribution is 6.45. The van der Waals surface area contributed by atoms with Crippen molar-refractivity contribution >= 4 is 75.6 Å². The summed E-state index contributed by atoms with van der Waals surface area (Å²) in [6, 6.07) is 8.94. The maximum absolute atomic E-state index is 11.4. The van der Waals surface area contributed by atoms with E-state index in [1.54, 1.807) is 12.1 Å². The minimum Gasteiger partial charge on any atom is -0.477 e. The van der Waals surface area contributed by atoms with Crippen LogP contribution in [0.3, 0.4) is 0 Å². The minimum atomic E-state index is -1.20. The zero-order valence-corrected chi connectivity index (χ0v) is 17.6. The summed E-state index contributed by atoms with van der Waals surface area (Å²) in [6.45, 7) is 0. The van der Waals surface area contributed by atoms with Crippen LogP contribution in [0.15, 0.2) is 36.4 Å². The lowest BCUT2D eigenvalue weighted by molar-refractivity contribution is 0.0690. The van der Waals surface area contributed by atoms with Gasteiger partial charge in [-0.15, -0.1) is 0 Å². The average Bonchev–Trinajstić information content (AvgIpc) is 2.61. The smallest absolute Gasteiger partial charge is 0.354 e. The second-order valence-electron chi connectivity index (χ2n) is 5.39. The third-order valence-corrected chi connectivity index (χ3v) is 5.75. The first-order chi connectivity index (χ1) is 12.7. The van der Waals surface area contributed by atoms with Crippen LogP contribution in [-0.4, -0.2) is 16.1 Å². The van der Waals surface area contributed by atoms with E-state index >= 15 is 0 Å². The summed E-state index contributed by atoms with van der Waals surface area (Å²) in [4.78, 5) is 15.6. The van der Waals surface area contributed by atoms with Crippen LogP contribution in [0.1, 0.15) is 10.5 Å². The molecule has 1 N–H and O–H groups in total. The Morgan fingerprint density at radius 1 is 0.667 bits per heavy atom. The molecule has 3 aromatic rings. The van der Waals surface area contributed by atoms with Crippen molar-refractivity contribution in [2.75, 3.05) is 0 Å². The summed E-state index contributed by atoms with van der Waals surface area (Å²) in [6.07, 6.45) is 0. The molecule has 0 saturated carbocycles. The van der Waals surface area contributed by atoms with Gasteiger partial charge >= 0.3 is 5.97 Å². The van der Waals surface area contributed by atoms with Crippen molar-refractivity contribution in [1.82, 2.24) is 4.98 Å². The Kier molecular flexibility index (Phi) is 6.11. The van der Waals surface area contributed by atoms with Crippen LogP contribution in [0.5, 0.6) is 0 Å². The molecule has 0 amide bonds. The third kappa shape index (κ3) is 4.14. The highest BCUT2D eigenvalue weighted by atomic mass is 35.5. The van der Waals surface area contributed by atoms with Gasteiger partial charge in [0.25, 0.3) is 0 Å². The van der Waals surface area contributed by atoms with E-state index in [4.69, 9.17) is 69.6 Å². The molecule has 0 spiro atoms. The lowest BCUT2D eigenvalue weighted by atomic mass is 9.98. The van der Waals surface area contributed by atoms with Gasteiger partial charge in [0.2, 0.25) is 0 Å². The summed E-state index contributed by atoms with van der Waals surface area (Å²) in [7, 11) is 0. The highest BCUT2D eigenvalue weighted by Gasteiger charge is 2.19. The number of carboxylic acids is 1. The Labute approximate surface area is 184 Å². The molecule has 0 radical (unpaired) electrons. The first-order valence-corrected chi connectivity index (χ1v) is 9.50. The Bertz CT molecular complexity index is 1080. The molecule has 0 aliphatic heterocycles. The van der Waals surface area contributed by atoms with E-state index in [0.29, 0.717) is 21.7 Å². The van der Waals surface area contributed by atoms with Gasteiger partial charge in [0.1, 0.15) is 5.69 Å². The monoisotopic (exact) mass is 479 g/mol. The molecule has 2 aromatic carbocycles. The highest BCUT2D eigenvalue weighted by Crippen LogP contribution is 2.42. The number of carbonyl (C=O) groups is 1. The van der Waals surface area contributed by atoms with E-state index in [-0.39, 0.29) is 36.5 Å². The number of benzene rings is 2. The quantitative estimate of drug-likeness (QED) is 0.385. The van der Waals surface area contributed by atoms with E-state index in [1.165, 1.54) is 24.3 Å². The molecule has 0 unspecified atom stereocenters. The normalized spacial score (nSPS) is 10.9. The third-order valence-electron chi connectivity index (χ3n) is 3.68. The fraction of sp³-hybridized carbons (Fsp3) is 0. The first-order valence-electron chi connectivity index (χ1n) is 7.23. The average molecular weight is 482 g/mol. The molecule has 0 aliphatic carbocycles. The molecule has 0 aliphatic rings. The molecule has 138 valence electrons. The number of rotatable bonds is 3. The molecule has 1 heterocycles. The number of hydrogen-bond donors (Lipinski definition) is 1. The van der Waals surface area contributed by atoms with Crippen molar-refractivity contribution in [3.05, 3.63) is 72.2 Å². The van der Waals surface area contributed by atoms with Gasteiger partial charge in [-0.2, -0.15) is 0 Å². The van der Waals surface area contributed by atoms with Gasteiger partial charge in [0.15, 0.2) is 0 Å². The molecule has 0 bridgehead atoms. The molecule has 9 heteroatoms. The van der Waals surface area contributed by atoms with Crippen LogP contribution in [-0.2, 0) is 0 Å². The van der Waals surface area contributed by atoms with E-state index in [9.17, 15) is 9.90 Å². The fourth-order valence-electron chi connectivity index (χ4n) is 2.43. The molecule has 3 nitrogen and oxygen atoms in total. The summed E-state index contributed by atoms with van der Waals surface area (Å²) in [5, 5.41) is 10.9. The lowest BCUT2D eigenvalue weighted by Gasteiger charge is -2.14. The SMILES string of the molecule is O=C(O)c1ccc(-c2cc(Cl)c(Cl)cc2Cl)c(-c2cc(Cl)c(Cl)cc2Cl)n1. The summed E-state index contributed by atoms with van der Waals surface area (Å²) in [5.41, 5.74) is 1.49. The van der Waals surface area contributed by atoms with E-state index < -0.39 is 5.97 Å². The fourth-order valence-corrected chi connectivity index (χ4v) is 3.72. The van der Waals surface area contributed by atoms with Crippen LogP contribution < -0.4 is 0 Å². The predicted octanol–water partition coefficient (Wildman–Crippen LogP) is 8.03. The molecule has 27 heavy (non-hydrogen) atoms. The zero-order chi connectivity index (χ0) is 19.9. The number of carboxylic acid groups (broad SMARTS) is 1. The Morgan fingerprint density at radius 3 is 1.70 bits per heavy atom. The lowest BCUT2D eigenvalue weighted by Crippen LogP contribution is -2.03. The van der Waals surface area contributed by atoms with E-state index in [2.05, 4.69) is 4.98 Å². The van der Waals surface area contributed by atoms with Crippen molar-refractivity contribution in [3.8, 4) is 22.4 Å². The number of aromatic nitrogens is 1. The zero-order valence-electron chi connectivity index (χ0n) is 13.0. The molecule has 1 aromatic heterocycles. The maximum atomic E-state index is 11.4. The van der Waals surface area contributed by atoms with Gasteiger partial charge in [-0.3, -0.25) is 0 Å². The largest absolute Gasteiger partial charge is 0.477 e. The number of nitrogens with zero attached hydrogens (tertiary/aromatic N) is 1. The van der Waals surface area contributed by atoms with E-state index in [0.717, 1.165) is 0 Å². The van der Waals surface area contributed by atoms with Gasteiger partial charge in [0, 0.05) is 16.7 Å². The number of pyridine rings is 1. The molecular weight excluding hydrogens is 475 g/mol. The van der Waals surface area contributed by atoms with Crippen molar-refractivity contribution in [2.45, 2.75) is 0 Å². The molecular formula is C18H7Cl6NO2. The summed E-state index contributed by atoms with van der Waals surface area (Å²) < 4.78 is 0. The van der Waals surface area contributed by atoms with Crippen LogP contribution in [0.25, 0.3) is 22.4 Å². The molecule has 3 rings (SSSR count). The number of hydrogen-bond acceptors (Lipinski definition) is 2. The van der Waals surface area contributed by atoms with Crippen LogP contribution in [0, 0.1) is 0 Å². The van der Waals surface area contributed by atoms with Crippen molar-refractivity contribution in [1.29, 1.82) is 0 Å². The van der Waals surface area contributed by atoms with Crippen molar-refractivity contribution in [3.63, 3.8) is 0 Å². The molecule has 0 fully saturated rings. The van der Waals surface area contributed by atoms with Gasteiger partial charge in [-0.25, -0.2) is 9.78 Å². The standard InChI is InChI=1S/C18H7Cl6NO2/c19-10-5-14(23)12(21)3-8(10)7-1-2-16(18(26)27)25-17(7)9-4-13(22)15(24)6-11(9)20/h1-6H,(H,26,27). The van der Waals surface area contributed by atoms with Gasteiger partial charge in [-0.05, 0) is 36.4 Å². The molecule has 0 saturated heterocycles. The maximum Gasteiger partial charge on any atom is 0.354 e. The second kappa shape index (κ2) is 8.04. The Balaban J connectivity index is 2.36. The van der Waals surface area contributed by atoms with Crippen molar-refractivity contribution < 1.29 is 9.90 Å². The van der Waals surface area contributed by atoms with Crippen LogP contribution in [0.2, 0.25) is 30.1 Å².